The fourth-order valence-corrected chi connectivity index (χ4v) is 5.69. The van der Waals surface area contributed by atoms with Crippen LogP contribution < -0.4 is 0 Å². The molecule has 33 heavy (non-hydrogen) atoms. The van der Waals surface area contributed by atoms with Crippen molar-refractivity contribution < 1.29 is 4.39 Å². The third-order valence-electron chi connectivity index (χ3n) is 4.95. The van der Waals surface area contributed by atoms with Crippen LogP contribution >= 0.6 is 54.5 Å². The molecule has 3 rings (SSSR count). The first-order valence-electron chi connectivity index (χ1n) is 11.1. The molecule has 2 aromatic heterocycles. The summed E-state index contributed by atoms with van der Waals surface area (Å²) < 4.78 is 15.4. The second kappa shape index (κ2) is 12.0. The van der Waals surface area contributed by atoms with E-state index in [9.17, 15) is 4.39 Å². The molecule has 0 spiro atoms. The summed E-state index contributed by atoms with van der Waals surface area (Å²) in [6.45, 7) is 23.8. The third-order valence-corrected chi connectivity index (χ3v) is 9.14. The molecule has 0 amide bonds. The zero-order valence-corrected chi connectivity index (χ0v) is 26.7. The molecule has 5 heteroatoms. The van der Waals surface area contributed by atoms with Crippen LogP contribution in [0.1, 0.15) is 88.1 Å². The Morgan fingerprint density at radius 3 is 1.52 bits per heavy atom. The van der Waals surface area contributed by atoms with Crippen molar-refractivity contribution in [2.24, 2.45) is 0 Å². The van der Waals surface area contributed by atoms with Crippen LogP contribution in [-0.4, -0.2) is 0 Å². The minimum atomic E-state index is -0.134. The highest BCUT2D eigenvalue weighted by Gasteiger charge is 2.18. The van der Waals surface area contributed by atoms with Gasteiger partial charge in [0.25, 0.3) is 0 Å². The summed E-state index contributed by atoms with van der Waals surface area (Å²) in [5.74, 6) is -0.134. The van der Waals surface area contributed by atoms with E-state index in [1.54, 1.807) is 6.07 Å². The number of benzene rings is 1. The maximum atomic E-state index is 13.2. The highest BCUT2D eigenvalue weighted by molar-refractivity contribution is 9.10. The minimum Gasteiger partial charge on any atom is -0.207 e. The first kappa shape index (κ1) is 30.5. The monoisotopic (exact) mass is 616 g/mol. The zero-order chi connectivity index (χ0) is 25.8. The Bertz CT molecular complexity index is 1010. The lowest BCUT2D eigenvalue weighted by atomic mass is 9.87. The molecule has 0 atom stereocenters. The molecular formula is C28H39Br2FS2. The molecule has 1 aromatic carbocycles. The third kappa shape index (κ3) is 10.3. The van der Waals surface area contributed by atoms with Crippen LogP contribution in [0.3, 0.4) is 0 Å². The van der Waals surface area contributed by atoms with E-state index in [0.717, 1.165) is 10.0 Å². The van der Waals surface area contributed by atoms with Gasteiger partial charge in [-0.1, -0.05) is 78.2 Å². The van der Waals surface area contributed by atoms with E-state index in [1.165, 1.54) is 30.7 Å². The number of hydrogen-bond donors (Lipinski definition) is 0. The van der Waals surface area contributed by atoms with Gasteiger partial charge >= 0.3 is 0 Å². The lowest BCUT2D eigenvalue weighted by Gasteiger charge is -2.19. The summed E-state index contributed by atoms with van der Waals surface area (Å²) in [5, 5.41) is 2.13. The van der Waals surface area contributed by atoms with Gasteiger partial charge in [0, 0.05) is 29.0 Å². The molecule has 0 aliphatic carbocycles. The largest absolute Gasteiger partial charge is 0.207 e. The Kier molecular flexibility index (Phi) is 11.1. The maximum Gasteiger partial charge on any atom is 0.127 e. The van der Waals surface area contributed by atoms with E-state index < -0.39 is 0 Å². The van der Waals surface area contributed by atoms with Crippen LogP contribution in [0.4, 0.5) is 4.39 Å². The first-order valence-corrected chi connectivity index (χ1v) is 14.4. The van der Waals surface area contributed by atoms with E-state index in [-0.39, 0.29) is 11.2 Å². The van der Waals surface area contributed by atoms with E-state index in [1.807, 2.05) is 49.5 Å². The van der Waals surface area contributed by atoms with Gasteiger partial charge in [-0.25, -0.2) is 4.39 Å². The van der Waals surface area contributed by atoms with Crippen molar-refractivity contribution in [3.05, 3.63) is 76.2 Å². The highest BCUT2D eigenvalue weighted by Crippen LogP contribution is 2.32. The van der Waals surface area contributed by atoms with Gasteiger partial charge in [0.1, 0.15) is 5.82 Å². The van der Waals surface area contributed by atoms with Crippen LogP contribution in [0.2, 0.25) is 0 Å². The van der Waals surface area contributed by atoms with Crippen LogP contribution in [-0.2, 0) is 16.2 Å². The molecule has 0 nitrogen and oxygen atoms in total. The average molecular weight is 619 g/mol. The van der Waals surface area contributed by atoms with E-state index in [4.69, 9.17) is 0 Å². The van der Waals surface area contributed by atoms with Crippen LogP contribution in [0.15, 0.2) is 44.7 Å². The summed E-state index contributed by atoms with van der Waals surface area (Å²) in [4.78, 5) is 4.38. The van der Waals surface area contributed by atoms with E-state index >= 15 is 0 Å². The molecule has 184 valence electrons. The predicted octanol–water partition coefficient (Wildman–Crippen LogP) is 11.4. The minimum absolute atomic E-state index is 0.131. The van der Waals surface area contributed by atoms with Crippen molar-refractivity contribution in [1.29, 1.82) is 0 Å². The quantitative estimate of drug-likeness (QED) is 0.235. The second-order valence-corrected chi connectivity index (χ2v) is 15.4. The van der Waals surface area contributed by atoms with Crippen molar-refractivity contribution in [3.8, 4) is 0 Å². The average Bonchev–Trinajstić information content (AvgIpc) is 3.23. The lowest BCUT2D eigenvalue weighted by molar-refractivity contribution is 0.522. The van der Waals surface area contributed by atoms with Gasteiger partial charge in [-0.15, -0.1) is 22.7 Å². The summed E-state index contributed by atoms with van der Waals surface area (Å²) in [6, 6.07) is 9.52. The molecule has 3 aromatic rings. The molecule has 0 radical (unpaired) electrons. The van der Waals surface area contributed by atoms with Gasteiger partial charge in [-0.05, 0) is 87.5 Å². The van der Waals surface area contributed by atoms with Crippen LogP contribution in [0, 0.1) is 19.7 Å². The van der Waals surface area contributed by atoms with Crippen molar-refractivity contribution in [1.82, 2.24) is 0 Å². The molecule has 0 aliphatic heterocycles. The van der Waals surface area contributed by atoms with Gasteiger partial charge in [-0.2, -0.15) is 0 Å². The smallest absolute Gasteiger partial charge is 0.127 e. The number of thiophene rings is 2. The SMILES string of the molecule is CC(C)(C)c1cc(Br)ccc1F.CC(C)(C)c1cc(Br)cs1.Cc1cc(C(C)(C)C)sc1C. The maximum absolute atomic E-state index is 13.2. The van der Waals surface area contributed by atoms with Crippen molar-refractivity contribution >= 4 is 54.5 Å². The lowest BCUT2D eigenvalue weighted by Crippen LogP contribution is -2.13. The topological polar surface area (TPSA) is 0 Å². The van der Waals surface area contributed by atoms with Crippen molar-refractivity contribution in [2.75, 3.05) is 0 Å². The molecule has 0 fully saturated rings. The van der Waals surface area contributed by atoms with Gasteiger partial charge in [0.2, 0.25) is 0 Å². The first-order chi connectivity index (χ1) is 14.8. The standard InChI is InChI=1S/C10H12BrF.C10H16S.C8H11BrS/c1-10(2,3)8-6-7(11)4-5-9(8)12;1-7-6-9(10(3,4)5)11-8(7)2;1-8(2,3)7-4-6(9)5-10-7/h4-6H,1-3H3;6H,1-5H3;4-5H,1-3H3. The Balaban J connectivity index is 0.000000249. The zero-order valence-electron chi connectivity index (χ0n) is 21.9. The Morgan fingerprint density at radius 2 is 1.24 bits per heavy atom. The number of rotatable bonds is 0. The molecule has 0 saturated heterocycles. The van der Waals surface area contributed by atoms with Gasteiger partial charge in [0.15, 0.2) is 0 Å². The summed E-state index contributed by atoms with van der Waals surface area (Å²) >= 11 is 10.5. The molecular weight excluding hydrogens is 579 g/mol. The summed E-state index contributed by atoms with van der Waals surface area (Å²) in [6.07, 6.45) is 0. The van der Waals surface area contributed by atoms with Gasteiger partial charge in [0.05, 0.1) is 0 Å². The number of aryl methyl sites for hydroxylation is 2. The van der Waals surface area contributed by atoms with Gasteiger partial charge in [-0.3, -0.25) is 0 Å². The molecule has 0 N–H and O–H groups in total. The van der Waals surface area contributed by atoms with E-state index in [0.29, 0.717) is 10.8 Å². The highest BCUT2D eigenvalue weighted by atomic mass is 79.9. The Morgan fingerprint density at radius 1 is 0.697 bits per heavy atom. The predicted molar refractivity (Wildman–Crippen MR) is 156 cm³/mol. The fourth-order valence-electron chi connectivity index (χ4n) is 2.72. The molecule has 0 bridgehead atoms. The van der Waals surface area contributed by atoms with Gasteiger partial charge < -0.3 is 0 Å². The molecule has 0 aliphatic rings. The van der Waals surface area contributed by atoms with Crippen LogP contribution in [0.25, 0.3) is 0 Å². The van der Waals surface area contributed by atoms with Crippen molar-refractivity contribution in [3.63, 3.8) is 0 Å². The van der Waals surface area contributed by atoms with Crippen molar-refractivity contribution in [2.45, 2.75) is 92.4 Å². The second-order valence-electron chi connectivity index (χ2n) is 11.4. The Labute approximate surface area is 226 Å². The molecule has 0 unspecified atom stereocenters. The summed E-state index contributed by atoms with van der Waals surface area (Å²) in [7, 11) is 0. The number of halogens is 3. The fraction of sp³-hybridized carbons (Fsp3) is 0.500. The number of hydrogen-bond acceptors (Lipinski definition) is 2. The normalized spacial score (nSPS) is 11.9. The molecule has 0 saturated carbocycles. The van der Waals surface area contributed by atoms with Crippen LogP contribution in [0.5, 0.6) is 0 Å². The molecule has 2 heterocycles. The van der Waals surface area contributed by atoms with E-state index in [2.05, 4.69) is 105 Å². The Hall–Kier alpha value is -0.490. The summed E-state index contributed by atoms with van der Waals surface area (Å²) in [5.41, 5.74) is 2.67.